The molecule has 0 saturated heterocycles. The molecule has 0 spiro atoms. The van der Waals surface area contributed by atoms with E-state index in [4.69, 9.17) is 5.73 Å². The maximum Gasteiger partial charge on any atom is 0.241 e. The second-order valence-corrected chi connectivity index (χ2v) is 6.39. The van der Waals surface area contributed by atoms with Crippen LogP contribution in [0.3, 0.4) is 0 Å². The van der Waals surface area contributed by atoms with Crippen LogP contribution in [0.1, 0.15) is 24.5 Å². The van der Waals surface area contributed by atoms with Gasteiger partial charge in [-0.2, -0.15) is 0 Å². The first-order chi connectivity index (χ1) is 9.27. The number of carbonyl (C=O) groups excluding carboxylic acids is 1. The van der Waals surface area contributed by atoms with Crippen molar-refractivity contribution in [1.29, 1.82) is 0 Å². The summed E-state index contributed by atoms with van der Waals surface area (Å²) in [6.07, 6.45) is 0.798. The lowest BCUT2D eigenvalue weighted by Gasteiger charge is -2.12. The summed E-state index contributed by atoms with van der Waals surface area (Å²) in [5.41, 5.74) is 7.42. The van der Waals surface area contributed by atoms with Crippen molar-refractivity contribution >= 4 is 21.6 Å². The van der Waals surface area contributed by atoms with Crippen LogP contribution in [0.4, 0.5) is 5.69 Å². The van der Waals surface area contributed by atoms with Crippen molar-refractivity contribution in [2.24, 2.45) is 0 Å². The molecule has 0 fully saturated rings. The van der Waals surface area contributed by atoms with Crippen LogP contribution in [-0.2, 0) is 14.8 Å². The minimum absolute atomic E-state index is 0.110. The molecular weight excluding hydrogens is 278 g/mol. The Morgan fingerprint density at radius 2 is 1.95 bits per heavy atom. The second kappa shape index (κ2) is 6.71. The summed E-state index contributed by atoms with van der Waals surface area (Å²) in [6, 6.07) is 3.25. The van der Waals surface area contributed by atoms with Gasteiger partial charge in [0.05, 0.1) is 11.4 Å². The minimum Gasteiger partial charge on any atom is -0.398 e. The molecule has 0 bridgehead atoms. The van der Waals surface area contributed by atoms with Crippen LogP contribution in [-0.4, -0.2) is 27.4 Å². The Bertz CT molecular complexity index is 597. The molecule has 1 amide bonds. The Morgan fingerprint density at radius 1 is 1.30 bits per heavy atom. The first-order valence-corrected chi connectivity index (χ1v) is 7.89. The van der Waals surface area contributed by atoms with E-state index in [1.54, 1.807) is 19.9 Å². The van der Waals surface area contributed by atoms with Gasteiger partial charge in [-0.3, -0.25) is 4.79 Å². The second-order valence-electron chi connectivity index (χ2n) is 4.65. The van der Waals surface area contributed by atoms with Crippen LogP contribution >= 0.6 is 0 Å². The number of nitrogen functional groups attached to an aromatic ring is 1. The number of hydrogen-bond acceptors (Lipinski definition) is 4. The molecule has 4 N–H and O–H groups in total. The number of rotatable bonds is 6. The lowest BCUT2D eigenvalue weighted by atomic mass is 10.1. The Morgan fingerprint density at radius 3 is 2.55 bits per heavy atom. The van der Waals surface area contributed by atoms with Crippen molar-refractivity contribution < 1.29 is 13.2 Å². The van der Waals surface area contributed by atoms with Gasteiger partial charge in [-0.05, 0) is 43.5 Å². The third kappa shape index (κ3) is 4.21. The highest BCUT2D eigenvalue weighted by Gasteiger charge is 2.19. The molecule has 0 aliphatic carbocycles. The highest BCUT2D eigenvalue weighted by atomic mass is 32.2. The lowest BCUT2D eigenvalue weighted by molar-refractivity contribution is -0.119. The number of nitrogens with one attached hydrogen (secondary N) is 2. The van der Waals surface area contributed by atoms with Crippen molar-refractivity contribution in [3.63, 3.8) is 0 Å². The molecular formula is C13H21N3O3S. The van der Waals surface area contributed by atoms with E-state index in [-0.39, 0.29) is 17.3 Å². The van der Waals surface area contributed by atoms with Gasteiger partial charge in [-0.1, -0.05) is 6.92 Å². The van der Waals surface area contributed by atoms with Crippen LogP contribution < -0.4 is 15.8 Å². The number of anilines is 1. The summed E-state index contributed by atoms with van der Waals surface area (Å²) in [4.78, 5) is 11.5. The van der Waals surface area contributed by atoms with E-state index in [2.05, 4.69) is 10.0 Å². The normalized spacial score (nSPS) is 11.3. The molecule has 1 aromatic rings. The van der Waals surface area contributed by atoms with Crippen molar-refractivity contribution in [2.75, 3.05) is 18.8 Å². The number of amides is 1. The fourth-order valence-electron chi connectivity index (χ4n) is 1.70. The number of nitrogens with two attached hydrogens (primary N) is 1. The summed E-state index contributed by atoms with van der Waals surface area (Å²) >= 11 is 0. The largest absolute Gasteiger partial charge is 0.398 e. The average Bonchev–Trinajstić information content (AvgIpc) is 2.38. The van der Waals surface area contributed by atoms with Gasteiger partial charge in [0.2, 0.25) is 15.9 Å². The van der Waals surface area contributed by atoms with E-state index in [9.17, 15) is 13.2 Å². The Kier molecular flexibility index (Phi) is 5.52. The van der Waals surface area contributed by atoms with E-state index in [0.29, 0.717) is 17.8 Å². The SMILES string of the molecule is CCCNC(=O)CNS(=O)(=O)c1cc(C)cc(N)c1C. The Hall–Kier alpha value is -1.60. The number of carbonyl (C=O) groups is 1. The first-order valence-electron chi connectivity index (χ1n) is 6.41. The van der Waals surface area contributed by atoms with Crippen molar-refractivity contribution in [1.82, 2.24) is 10.0 Å². The van der Waals surface area contributed by atoms with Gasteiger partial charge in [0.1, 0.15) is 0 Å². The minimum atomic E-state index is -3.75. The molecule has 0 aromatic heterocycles. The Balaban J connectivity index is 2.87. The molecule has 112 valence electrons. The van der Waals surface area contributed by atoms with Gasteiger partial charge >= 0.3 is 0 Å². The number of sulfonamides is 1. The smallest absolute Gasteiger partial charge is 0.241 e. The molecule has 6 nitrogen and oxygen atoms in total. The summed E-state index contributed by atoms with van der Waals surface area (Å²) in [6.45, 7) is 5.57. The van der Waals surface area contributed by atoms with E-state index in [1.165, 1.54) is 6.07 Å². The molecule has 20 heavy (non-hydrogen) atoms. The van der Waals surface area contributed by atoms with E-state index in [1.807, 2.05) is 6.92 Å². The van der Waals surface area contributed by atoms with Gasteiger partial charge < -0.3 is 11.1 Å². The van der Waals surface area contributed by atoms with E-state index in [0.717, 1.165) is 12.0 Å². The number of hydrogen-bond donors (Lipinski definition) is 3. The molecule has 0 heterocycles. The standard InChI is InChI=1S/C13H21N3O3S/c1-4-5-15-13(17)8-16-20(18,19)12-7-9(2)6-11(14)10(12)3/h6-7,16H,4-5,8,14H2,1-3H3,(H,15,17). The zero-order valence-corrected chi connectivity index (χ0v) is 12.8. The van der Waals surface area contributed by atoms with Crippen LogP contribution in [0.25, 0.3) is 0 Å². The molecule has 0 aliphatic heterocycles. The maximum atomic E-state index is 12.2. The monoisotopic (exact) mass is 299 g/mol. The highest BCUT2D eigenvalue weighted by molar-refractivity contribution is 7.89. The Labute approximate surface area is 119 Å². The molecule has 0 radical (unpaired) electrons. The van der Waals surface area contributed by atoms with Crippen LogP contribution in [0, 0.1) is 13.8 Å². The molecule has 1 aromatic carbocycles. The van der Waals surface area contributed by atoms with Crippen molar-refractivity contribution in [3.8, 4) is 0 Å². The lowest BCUT2D eigenvalue weighted by Crippen LogP contribution is -2.37. The van der Waals surface area contributed by atoms with Crippen LogP contribution in [0.5, 0.6) is 0 Å². The van der Waals surface area contributed by atoms with Gasteiger partial charge in [0.15, 0.2) is 0 Å². The molecule has 0 unspecified atom stereocenters. The highest BCUT2D eigenvalue weighted by Crippen LogP contribution is 2.22. The summed E-state index contributed by atoms with van der Waals surface area (Å²) < 4.78 is 26.7. The van der Waals surface area contributed by atoms with Crippen LogP contribution in [0.2, 0.25) is 0 Å². The fraction of sp³-hybridized carbons (Fsp3) is 0.462. The van der Waals surface area contributed by atoms with Crippen molar-refractivity contribution in [3.05, 3.63) is 23.3 Å². The fourth-order valence-corrected chi connectivity index (χ4v) is 3.04. The number of aryl methyl sites for hydroxylation is 1. The van der Waals surface area contributed by atoms with Gasteiger partial charge in [-0.15, -0.1) is 0 Å². The molecule has 7 heteroatoms. The van der Waals surface area contributed by atoms with E-state index < -0.39 is 10.0 Å². The topological polar surface area (TPSA) is 101 Å². The molecule has 0 aliphatic rings. The zero-order chi connectivity index (χ0) is 15.3. The third-order valence-electron chi connectivity index (χ3n) is 2.83. The third-order valence-corrected chi connectivity index (χ3v) is 4.36. The molecule has 0 atom stereocenters. The van der Waals surface area contributed by atoms with E-state index >= 15 is 0 Å². The van der Waals surface area contributed by atoms with Gasteiger partial charge in [0, 0.05) is 12.2 Å². The zero-order valence-electron chi connectivity index (χ0n) is 12.0. The molecule has 1 rings (SSSR count). The molecule has 0 saturated carbocycles. The summed E-state index contributed by atoms with van der Waals surface area (Å²) in [5, 5.41) is 2.60. The first kappa shape index (κ1) is 16.5. The summed E-state index contributed by atoms with van der Waals surface area (Å²) in [7, 11) is -3.75. The van der Waals surface area contributed by atoms with Crippen molar-refractivity contribution in [2.45, 2.75) is 32.1 Å². The number of benzene rings is 1. The quantitative estimate of drug-likeness (QED) is 0.673. The van der Waals surface area contributed by atoms with Crippen LogP contribution in [0.15, 0.2) is 17.0 Å². The van der Waals surface area contributed by atoms with Gasteiger partial charge in [0.25, 0.3) is 0 Å². The predicted molar refractivity (Wildman–Crippen MR) is 78.8 cm³/mol. The maximum absolute atomic E-state index is 12.2. The average molecular weight is 299 g/mol. The van der Waals surface area contributed by atoms with Gasteiger partial charge in [-0.25, -0.2) is 13.1 Å². The summed E-state index contributed by atoms with van der Waals surface area (Å²) in [5.74, 6) is -0.353. The predicted octanol–water partition coefficient (Wildman–Crippen LogP) is 0.690.